The van der Waals surface area contributed by atoms with Crippen LogP contribution in [0.2, 0.25) is 0 Å². The predicted molar refractivity (Wildman–Crippen MR) is 69.7 cm³/mol. The van der Waals surface area contributed by atoms with E-state index in [-0.39, 0.29) is 18.2 Å². The van der Waals surface area contributed by atoms with E-state index in [1.165, 1.54) is 18.9 Å². The molecule has 1 nitrogen and oxygen atoms in total. The molecule has 1 fully saturated rings. The highest BCUT2D eigenvalue weighted by Gasteiger charge is 2.33. The Labute approximate surface area is 116 Å². The number of halogens is 4. The summed E-state index contributed by atoms with van der Waals surface area (Å²) in [5.41, 5.74) is -0.785. The molecule has 0 unspecified atom stereocenters. The van der Waals surface area contributed by atoms with Gasteiger partial charge in [0.2, 0.25) is 0 Å². The lowest BCUT2D eigenvalue weighted by atomic mass is 9.99. The van der Waals surface area contributed by atoms with E-state index < -0.39 is 17.6 Å². The van der Waals surface area contributed by atoms with E-state index in [0.717, 1.165) is 18.9 Å². The standard InChI is InChI=1S/C15H19F4N/c1-10(11-4-2-3-5-11)20-9-12-6-7-13(16)8-14(12)15(17,18)19/h6-8,10-11,20H,2-5,9H2,1H3/t10-/m0/s1. The third kappa shape index (κ3) is 3.72. The third-order valence-corrected chi connectivity index (χ3v) is 4.10. The maximum absolute atomic E-state index is 13.0. The maximum Gasteiger partial charge on any atom is 0.416 e. The van der Waals surface area contributed by atoms with Gasteiger partial charge in [0.25, 0.3) is 0 Å². The normalized spacial score (nSPS) is 18.4. The summed E-state index contributed by atoms with van der Waals surface area (Å²) in [5.74, 6) is -0.324. The van der Waals surface area contributed by atoms with Gasteiger partial charge in [0.1, 0.15) is 5.82 Å². The monoisotopic (exact) mass is 289 g/mol. The van der Waals surface area contributed by atoms with Crippen molar-refractivity contribution < 1.29 is 17.6 Å². The Hall–Kier alpha value is -1.10. The minimum atomic E-state index is -4.52. The molecular weight excluding hydrogens is 270 g/mol. The van der Waals surface area contributed by atoms with Gasteiger partial charge in [-0.15, -0.1) is 0 Å². The summed E-state index contributed by atoms with van der Waals surface area (Å²) >= 11 is 0. The first-order valence-corrected chi connectivity index (χ1v) is 6.97. The van der Waals surface area contributed by atoms with Gasteiger partial charge < -0.3 is 5.32 Å². The Bertz CT molecular complexity index is 450. The zero-order valence-corrected chi connectivity index (χ0v) is 11.4. The summed E-state index contributed by atoms with van der Waals surface area (Å²) in [6.07, 6.45) is 0.130. The molecule has 1 N–H and O–H groups in total. The van der Waals surface area contributed by atoms with E-state index in [2.05, 4.69) is 5.32 Å². The summed E-state index contributed by atoms with van der Waals surface area (Å²) in [6.45, 7) is 2.12. The van der Waals surface area contributed by atoms with Crippen LogP contribution in [0.3, 0.4) is 0 Å². The summed E-state index contributed by atoms with van der Waals surface area (Å²) < 4.78 is 51.6. The molecule has 0 radical (unpaired) electrons. The average molecular weight is 289 g/mol. The van der Waals surface area contributed by atoms with Gasteiger partial charge >= 0.3 is 6.18 Å². The number of nitrogens with one attached hydrogen (secondary N) is 1. The third-order valence-electron chi connectivity index (χ3n) is 4.10. The van der Waals surface area contributed by atoms with E-state index in [1.807, 2.05) is 6.92 Å². The van der Waals surface area contributed by atoms with Crippen LogP contribution in [-0.4, -0.2) is 6.04 Å². The van der Waals surface area contributed by atoms with Crippen molar-refractivity contribution in [2.75, 3.05) is 0 Å². The summed E-state index contributed by atoms with van der Waals surface area (Å²) in [4.78, 5) is 0. The highest BCUT2D eigenvalue weighted by atomic mass is 19.4. The molecular formula is C15H19F4N. The van der Waals surface area contributed by atoms with Crippen molar-refractivity contribution in [1.29, 1.82) is 0 Å². The second-order valence-corrected chi connectivity index (χ2v) is 5.51. The first-order chi connectivity index (χ1) is 9.38. The minimum Gasteiger partial charge on any atom is -0.310 e. The van der Waals surface area contributed by atoms with Gasteiger partial charge in [0.15, 0.2) is 0 Å². The lowest BCUT2D eigenvalue weighted by Gasteiger charge is -2.21. The van der Waals surface area contributed by atoms with Crippen LogP contribution in [0.25, 0.3) is 0 Å². The van der Waals surface area contributed by atoms with Crippen molar-refractivity contribution in [2.45, 2.75) is 51.4 Å². The second kappa shape index (κ2) is 6.12. The Morgan fingerprint density at radius 2 is 1.90 bits per heavy atom. The van der Waals surface area contributed by atoms with Gasteiger partial charge in [-0.3, -0.25) is 0 Å². The summed E-state index contributed by atoms with van der Waals surface area (Å²) in [5, 5.41) is 3.15. The number of alkyl halides is 3. The van der Waals surface area contributed by atoms with Gasteiger partial charge in [0.05, 0.1) is 5.56 Å². The maximum atomic E-state index is 13.0. The molecule has 0 bridgehead atoms. The molecule has 1 aromatic rings. The minimum absolute atomic E-state index is 0.101. The fraction of sp³-hybridized carbons (Fsp3) is 0.600. The van der Waals surface area contributed by atoms with E-state index in [0.29, 0.717) is 12.0 Å². The number of hydrogen-bond acceptors (Lipinski definition) is 1. The van der Waals surface area contributed by atoms with Crippen molar-refractivity contribution in [3.05, 3.63) is 35.1 Å². The van der Waals surface area contributed by atoms with Crippen LogP contribution in [0.5, 0.6) is 0 Å². The highest BCUT2D eigenvalue weighted by molar-refractivity contribution is 5.30. The Balaban J connectivity index is 2.05. The predicted octanol–water partition coefficient (Wildman–Crippen LogP) is 4.51. The van der Waals surface area contributed by atoms with E-state index >= 15 is 0 Å². The zero-order chi connectivity index (χ0) is 14.8. The van der Waals surface area contributed by atoms with E-state index in [9.17, 15) is 17.6 Å². The molecule has 2 rings (SSSR count). The van der Waals surface area contributed by atoms with Crippen molar-refractivity contribution >= 4 is 0 Å². The van der Waals surface area contributed by atoms with Gasteiger partial charge in [-0.25, -0.2) is 4.39 Å². The molecule has 20 heavy (non-hydrogen) atoms. The summed E-state index contributed by atoms with van der Waals surface area (Å²) in [7, 11) is 0. The molecule has 0 aromatic heterocycles. The molecule has 1 aliphatic carbocycles. The fourth-order valence-corrected chi connectivity index (χ4v) is 2.86. The molecule has 112 valence electrons. The lowest BCUT2D eigenvalue weighted by Crippen LogP contribution is -2.32. The van der Waals surface area contributed by atoms with E-state index in [1.54, 1.807) is 0 Å². The van der Waals surface area contributed by atoms with Gasteiger partial charge in [0, 0.05) is 12.6 Å². The van der Waals surface area contributed by atoms with Gasteiger partial charge in [-0.2, -0.15) is 13.2 Å². The molecule has 1 aliphatic rings. The molecule has 0 aliphatic heterocycles. The van der Waals surface area contributed by atoms with Crippen LogP contribution in [0.15, 0.2) is 18.2 Å². The number of benzene rings is 1. The molecule has 0 heterocycles. The molecule has 1 saturated carbocycles. The summed E-state index contributed by atoms with van der Waals surface area (Å²) in [6, 6.07) is 3.04. The van der Waals surface area contributed by atoms with Crippen LogP contribution in [0.1, 0.15) is 43.7 Å². The van der Waals surface area contributed by atoms with Crippen molar-refractivity contribution in [3.63, 3.8) is 0 Å². The first kappa shape index (κ1) is 15.3. The second-order valence-electron chi connectivity index (χ2n) is 5.51. The SMILES string of the molecule is C[C@H](NCc1ccc(F)cc1C(F)(F)F)C1CCCC1. The Kier molecular flexibility index (Phi) is 4.68. The van der Waals surface area contributed by atoms with Crippen molar-refractivity contribution in [2.24, 2.45) is 5.92 Å². The molecule has 0 saturated heterocycles. The molecule has 1 atom stereocenters. The van der Waals surface area contributed by atoms with Crippen LogP contribution < -0.4 is 5.32 Å². The van der Waals surface area contributed by atoms with Crippen LogP contribution >= 0.6 is 0 Å². The number of hydrogen-bond donors (Lipinski definition) is 1. The molecule has 0 amide bonds. The van der Waals surface area contributed by atoms with Crippen molar-refractivity contribution in [3.8, 4) is 0 Å². The van der Waals surface area contributed by atoms with E-state index in [4.69, 9.17) is 0 Å². The highest BCUT2D eigenvalue weighted by Crippen LogP contribution is 2.33. The molecule has 5 heteroatoms. The Morgan fingerprint density at radius 1 is 1.25 bits per heavy atom. The van der Waals surface area contributed by atoms with Crippen LogP contribution in [-0.2, 0) is 12.7 Å². The molecule has 1 aromatic carbocycles. The zero-order valence-electron chi connectivity index (χ0n) is 11.4. The van der Waals surface area contributed by atoms with Crippen LogP contribution in [0.4, 0.5) is 17.6 Å². The quantitative estimate of drug-likeness (QED) is 0.804. The largest absolute Gasteiger partial charge is 0.416 e. The smallest absolute Gasteiger partial charge is 0.310 e. The van der Waals surface area contributed by atoms with Crippen LogP contribution in [0, 0.1) is 11.7 Å². The average Bonchev–Trinajstić information content (AvgIpc) is 2.89. The van der Waals surface area contributed by atoms with Gasteiger partial charge in [-0.1, -0.05) is 18.9 Å². The first-order valence-electron chi connectivity index (χ1n) is 6.97. The lowest BCUT2D eigenvalue weighted by molar-refractivity contribution is -0.138. The molecule has 0 spiro atoms. The Morgan fingerprint density at radius 3 is 2.50 bits per heavy atom. The topological polar surface area (TPSA) is 12.0 Å². The number of rotatable bonds is 4. The fourth-order valence-electron chi connectivity index (χ4n) is 2.86. The van der Waals surface area contributed by atoms with Crippen molar-refractivity contribution in [1.82, 2.24) is 5.32 Å². The van der Waals surface area contributed by atoms with Gasteiger partial charge in [-0.05, 0) is 43.4 Å².